The van der Waals surface area contributed by atoms with Gasteiger partial charge in [-0.25, -0.2) is 4.68 Å². The number of rotatable bonds is 4. The quantitative estimate of drug-likeness (QED) is 0.585. The second kappa shape index (κ2) is 5.84. The molecular weight excluding hydrogens is 266 g/mol. The third kappa shape index (κ3) is 3.03. The van der Waals surface area contributed by atoms with Crippen molar-refractivity contribution in [2.45, 2.75) is 10.6 Å². The molecule has 0 radical (unpaired) electrons. The molecule has 1 heterocycles. The van der Waals surface area contributed by atoms with Gasteiger partial charge in [-0.1, -0.05) is 24.3 Å². The van der Waals surface area contributed by atoms with Gasteiger partial charge in [-0.15, -0.1) is 11.8 Å². The molecule has 2 N–H and O–H groups in total. The van der Waals surface area contributed by atoms with Gasteiger partial charge in [-0.3, -0.25) is 0 Å². The summed E-state index contributed by atoms with van der Waals surface area (Å²) in [6, 6.07) is 20.1. The van der Waals surface area contributed by atoms with E-state index in [0.717, 1.165) is 22.8 Å². The molecule has 0 fully saturated rings. The predicted molar refractivity (Wildman–Crippen MR) is 84.0 cm³/mol. The Bertz CT molecular complexity index is 692. The fourth-order valence-corrected chi connectivity index (χ4v) is 2.79. The molecule has 0 saturated carbocycles. The second-order valence-electron chi connectivity index (χ2n) is 4.45. The first-order chi connectivity index (χ1) is 9.81. The Labute approximate surface area is 122 Å². The Hall–Kier alpha value is -2.20. The summed E-state index contributed by atoms with van der Waals surface area (Å²) < 4.78 is 1.90. The van der Waals surface area contributed by atoms with E-state index in [-0.39, 0.29) is 0 Å². The van der Waals surface area contributed by atoms with Crippen LogP contribution in [-0.4, -0.2) is 9.78 Å². The van der Waals surface area contributed by atoms with Gasteiger partial charge in [0.1, 0.15) is 0 Å². The molecule has 0 aliphatic carbocycles. The van der Waals surface area contributed by atoms with Crippen molar-refractivity contribution in [3.05, 3.63) is 72.6 Å². The maximum Gasteiger partial charge on any atom is 0.0731 e. The van der Waals surface area contributed by atoms with Gasteiger partial charge in [0.15, 0.2) is 0 Å². The van der Waals surface area contributed by atoms with Crippen LogP contribution >= 0.6 is 11.8 Å². The number of para-hydroxylation sites is 1. The molecule has 20 heavy (non-hydrogen) atoms. The van der Waals surface area contributed by atoms with Gasteiger partial charge in [0, 0.05) is 22.5 Å². The Balaban J connectivity index is 1.69. The molecule has 0 aliphatic rings. The maximum atomic E-state index is 5.77. The average molecular weight is 281 g/mol. The summed E-state index contributed by atoms with van der Waals surface area (Å²) >= 11 is 1.74. The van der Waals surface area contributed by atoms with E-state index in [0.29, 0.717) is 0 Å². The van der Waals surface area contributed by atoms with Gasteiger partial charge in [-0.05, 0) is 36.4 Å². The fraction of sp³-hybridized carbons (Fsp3) is 0.0625. The summed E-state index contributed by atoms with van der Waals surface area (Å²) in [5, 5.41) is 4.58. The minimum absolute atomic E-state index is 0.796. The summed E-state index contributed by atoms with van der Waals surface area (Å²) in [7, 11) is 0. The van der Waals surface area contributed by atoms with Gasteiger partial charge in [-0.2, -0.15) is 5.10 Å². The zero-order chi connectivity index (χ0) is 13.8. The van der Waals surface area contributed by atoms with Crippen LogP contribution in [0.4, 0.5) is 5.69 Å². The monoisotopic (exact) mass is 281 g/mol. The smallest absolute Gasteiger partial charge is 0.0731 e. The molecule has 3 nitrogen and oxygen atoms in total. The number of nitrogens with zero attached hydrogens (tertiary/aromatic N) is 2. The van der Waals surface area contributed by atoms with E-state index in [1.165, 1.54) is 4.90 Å². The number of aromatic nitrogens is 2. The van der Waals surface area contributed by atoms with E-state index in [9.17, 15) is 0 Å². The van der Waals surface area contributed by atoms with Crippen LogP contribution in [-0.2, 0) is 5.75 Å². The van der Waals surface area contributed by atoms with Gasteiger partial charge in [0.05, 0.1) is 11.4 Å². The maximum absolute atomic E-state index is 5.77. The first kappa shape index (κ1) is 12.8. The third-order valence-corrected chi connectivity index (χ3v) is 3.94. The number of benzene rings is 2. The Morgan fingerprint density at radius 3 is 2.65 bits per heavy atom. The second-order valence-corrected chi connectivity index (χ2v) is 5.50. The van der Waals surface area contributed by atoms with Crippen molar-refractivity contribution in [1.29, 1.82) is 0 Å². The lowest BCUT2D eigenvalue weighted by Gasteiger charge is -2.01. The Kier molecular flexibility index (Phi) is 3.74. The molecule has 0 aliphatic heterocycles. The highest BCUT2D eigenvalue weighted by molar-refractivity contribution is 7.98. The molecule has 1 aromatic heterocycles. The van der Waals surface area contributed by atoms with E-state index >= 15 is 0 Å². The van der Waals surface area contributed by atoms with Gasteiger partial charge in [0.25, 0.3) is 0 Å². The lowest BCUT2D eigenvalue weighted by molar-refractivity contribution is 0.859. The number of nitrogen functional groups attached to an aromatic ring is 1. The summed E-state index contributed by atoms with van der Waals surface area (Å²) in [5.74, 6) is 0.837. The van der Waals surface area contributed by atoms with Crippen LogP contribution < -0.4 is 5.73 Å². The molecule has 3 rings (SSSR count). The highest BCUT2D eigenvalue weighted by Gasteiger charge is 2.02. The zero-order valence-corrected chi connectivity index (χ0v) is 11.8. The molecule has 0 atom stereocenters. The molecule has 2 aromatic carbocycles. The zero-order valence-electron chi connectivity index (χ0n) is 10.9. The van der Waals surface area contributed by atoms with Crippen molar-refractivity contribution >= 4 is 17.4 Å². The molecule has 0 unspecified atom stereocenters. The lowest BCUT2D eigenvalue weighted by atomic mass is 10.3. The summed E-state index contributed by atoms with van der Waals surface area (Å²) in [5.41, 5.74) is 8.70. The van der Waals surface area contributed by atoms with E-state index in [1.807, 2.05) is 65.5 Å². The normalized spacial score (nSPS) is 10.6. The van der Waals surface area contributed by atoms with E-state index in [4.69, 9.17) is 5.73 Å². The number of thioether (sulfide) groups is 1. The van der Waals surface area contributed by atoms with Gasteiger partial charge < -0.3 is 5.73 Å². The minimum atomic E-state index is 0.796. The molecule has 4 heteroatoms. The van der Waals surface area contributed by atoms with Crippen molar-refractivity contribution < 1.29 is 0 Å². The van der Waals surface area contributed by atoms with Gasteiger partial charge in [0.2, 0.25) is 0 Å². The van der Waals surface area contributed by atoms with Crippen LogP contribution in [0, 0.1) is 0 Å². The van der Waals surface area contributed by atoms with Crippen LogP contribution in [0.25, 0.3) is 5.69 Å². The predicted octanol–water partition coefficient (Wildman–Crippen LogP) is 3.75. The van der Waals surface area contributed by atoms with Crippen molar-refractivity contribution in [3.63, 3.8) is 0 Å². The number of nitrogens with two attached hydrogens (primary N) is 1. The lowest BCUT2D eigenvalue weighted by Crippen LogP contribution is -1.95. The van der Waals surface area contributed by atoms with E-state index < -0.39 is 0 Å². The largest absolute Gasteiger partial charge is 0.399 e. The summed E-state index contributed by atoms with van der Waals surface area (Å²) in [6.45, 7) is 0. The average Bonchev–Trinajstić information content (AvgIpc) is 2.95. The Morgan fingerprint density at radius 2 is 1.85 bits per heavy atom. The topological polar surface area (TPSA) is 43.8 Å². The van der Waals surface area contributed by atoms with Crippen LogP contribution in [0.5, 0.6) is 0 Å². The molecule has 100 valence electrons. The molecule has 3 aromatic rings. The van der Waals surface area contributed by atoms with Crippen molar-refractivity contribution in [1.82, 2.24) is 9.78 Å². The highest BCUT2D eigenvalue weighted by Crippen LogP contribution is 2.23. The molecule has 0 saturated heterocycles. The Morgan fingerprint density at radius 1 is 1.00 bits per heavy atom. The summed E-state index contributed by atoms with van der Waals surface area (Å²) in [4.78, 5) is 1.17. The van der Waals surface area contributed by atoms with Crippen molar-refractivity contribution in [2.24, 2.45) is 0 Å². The van der Waals surface area contributed by atoms with Gasteiger partial charge >= 0.3 is 0 Å². The standard InChI is InChI=1S/C16H15N3S/c17-13-5-4-8-16(11-13)20-12-14-9-10-19(18-14)15-6-2-1-3-7-15/h1-11H,12,17H2. The van der Waals surface area contributed by atoms with Crippen LogP contribution in [0.1, 0.15) is 5.69 Å². The first-order valence-electron chi connectivity index (χ1n) is 6.39. The molecule has 0 bridgehead atoms. The number of hydrogen-bond acceptors (Lipinski definition) is 3. The summed E-state index contributed by atoms with van der Waals surface area (Å²) in [6.07, 6.45) is 1.99. The van der Waals surface area contributed by atoms with Crippen molar-refractivity contribution in [3.8, 4) is 5.69 Å². The van der Waals surface area contributed by atoms with E-state index in [2.05, 4.69) is 11.2 Å². The third-order valence-electron chi connectivity index (χ3n) is 2.91. The fourth-order valence-electron chi connectivity index (χ4n) is 1.92. The number of hydrogen-bond donors (Lipinski definition) is 1. The first-order valence-corrected chi connectivity index (χ1v) is 7.38. The molecular formula is C16H15N3S. The van der Waals surface area contributed by atoms with Crippen LogP contribution in [0.15, 0.2) is 71.8 Å². The SMILES string of the molecule is Nc1cccc(SCc2ccn(-c3ccccc3)n2)c1. The van der Waals surface area contributed by atoms with Crippen molar-refractivity contribution in [2.75, 3.05) is 5.73 Å². The van der Waals surface area contributed by atoms with Crippen LogP contribution in [0.2, 0.25) is 0 Å². The minimum Gasteiger partial charge on any atom is -0.399 e. The molecule has 0 amide bonds. The van der Waals surface area contributed by atoms with Crippen LogP contribution in [0.3, 0.4) is 0 Å². The van der Waals surface area contributed by atoms with E-state index in [1.54, 1.807) is 11.8 Å². The molecule has 0 spiro atoms. The number of anilines is 1. The highest BCUT2D eigenvalue weighted by atomic mass is 32.2.